The Balaban J connectivity index is 1.39. The number of carbonyl (C=O) groups excluding carboxylic acids is 1. The number of hydrogen-bond donors (Lipinski definition) is 2. The number of aliphatic imine (C=N–C) groups is 1. The van der Waals surface area contributed by atoms with Gasteiger partial charge in [-0.3, -0.25) is 19.9 Å². The van der Waals surface area contributed by atoms with Crippen molar-refractivity contribution >= 4 is 85.1 Å². The molecule has 0 saturated carbocycles. The highest BCUT2D eigenvalue weighted by Gasteiger charge is 2.10. The number of fused-ring (bicyclic) bond motifs is 1. The van der Waals surface area contributed by atoms with Crippen LogP contribution in [0.1, 0.15) is 5.56 Å². The van der Waals surface area contributed by atoms with E-state index in [1.807, 2.05) is 30.3 Å². The van der Waals surface area contributed by atoms with Crippen LogP contribution in [0.15, 0.2) is 70.0 Å². The van der Waals surface area contributed by atoms with Gasteiger partial charge in [0.1, 0.15) is 5.75 Å². The molecule has 4 rings (SSSR count). The van der Waals surface area contributed by atoms with Crippen LogP contribution in [-0.2, 0) is 4.79 Å². The maximum absolute atomic E-state index is 12.2. The van der Waals surface area contributed by atoms with Crippen molar-refractivity contribution in [3.8, 4) is 5.75 Å². The number of nitro benzene ring substituents is 1. The summed E-state index contributed by atoms with van der Waals surface area (Å²) in [5.74, 6) is 0.104. The van der Waals surface area contributed by atoms with Gasteiger partial charge in [0.25, 0.3) is 5.69 Å². The van der Waals surface area contributed by atoms with Crippen molar-refractivity contribution in [1.82, 2.24) is 4.98 Å². The largest absolute Gasteiger partial charge is 0.507 e. The van der Waals surface area contributed by atoms with Crippen molar-refractivity contribution in [2.75, 3.05) is 11.1 Å². The molecule has 0 atom stereocenters. The Morgan fingerprint density at radius 3 is 2.76 bits per heavy atom. The highest BCUT2D eigenvalue weighted by atomic mass is 127. The molecule has 0 unspecified atom stereocenters. The van der Waals surface area contributed by atoms with E-state index >= 15 is 0 Å². The van der Waals surface area contributed by atoms with Crippen molar-refractivity contribution in [3.05, 3.63) is 79.9 Å². The summed E-state index contributed by atoms with van der Waals surface area (Å²) in [5.41, 5.74) is 2.65. The monoisotopic (exact) mass is 590 g/mol. The van der Waals surface area contributed by atoms with Crippen LogP contribution in [0, 0.1) is 13.7 Å². The lowest BCUT2D eigenvalue weighted by molar-refractivity contribution is -0.384. The Morgan fingerprint density at radius 2 is 2.00 bits per heavy atom. The summed E-state index contributed by atoms with van der Waals surface area (Å²) in [7, 11) is 0. The molecule has 4 aromatic rings. The van der Waals surface area contributed by atoms with Crippen LogP contribution >= 0.6 is 45.7 Å². The molecule has 1 heterocycles. The number of hydrogen-bond acceptors (Lipinski definition) is 8. The van der Waals surface area contributed by atoms with Crippen molar-refractivity contribution in [2.45, 2.75) is 4.34 Å². The topological polar surface area (TPSA) is 118 Å². The van der Waals surface area contributed by atoms with Crippen molar-refractivity contribution < 1.29 is 14.8 Å². The number of aromatic nitrogens is 1. The molecule has 1 amide bonds. The number of phenolic OH excluding ortho intramolecular Hbond substituents is 1. The van der Waals surface area contributed by atoms with Gasteiger partial charge >= 0.3 is 0 Å². The second-order valence-corrected chi connectivity index (χ2v) is 10.2. The number of halogens is 1. The lowest BCUT2D eigenvalue weighted by atomic mass is 10.2. The van der Waals surface area contributed by atoms with E-state index in [4.69, 9.17) is 0 Å². The van der Waals surface area contributed by atoms with Gasteiger partial charge in [-0.25, -0.2) is 4.98 Å². The minimum atomic E-state index is -0.489. The quantitative estimate of drug-likeness (QED) is 0.0897. The smallest absolute Gasteiger partial charge is 0.269 e. The number of nitro groups is 1. The second-order valence-electron chi connectivity index (χ2n) is 6.73. The molecule has 166 valence electrons. The third-order valence-corrected chi connectivity index (χ3v) is 7.22. The van der Waals surface area contributed by atoms with Gasteiger partial charge in [-0.1, -0.05) is 11.8 Å². The number of thioether (sulfide) groups is 1. The molecule has 0 radical (unpaired) electrons. The standard InChI is InChI=1S/C22H15IN4O4S2/c23-14-1-8-19(28)13(9-14)11-24-16-4-7-18-20(10-16)33-22(26-18)32-12-21(29)25-15-2-5-17(6-3-15)27(30)31/h1-11,28H,12H2,(H,25,29). The summed E-state index contributed by atoms with van der Waals surface area (Å²) < 4.78 is 2.69. The fourth-order valence-corrected chi connectivity index (χ4v) is 5.21. The number of rotatable bonds is 7. The lowest BCUT2D eigenvalue weighted by Crippen LogP contribution is -2.13. The van der Waals surface area contributed by atoms with Gasteiger partial charge in [0.2, 0.25) is 5.91 Å². The fourth-order valence-electron chi connectivity index (χ4n) is 2.80. The molecule has 0 saturated heterocycles. The van der Waals surface area contributed by atoms with Gasteiger partial charge in [-0.05, 0) is 71.1 Å². The maximum atomic E-state index is 12.2. The van der Waals surface area contributed by atoms with E-state index in [0.29, 0.717) is 11.3 Å². The van der Waals surface area contributed by atoms with Crippen LogP contribution in [0.4, 0.5) is 17.1 Å². The summed E-state index contributed by atoms with van der Waals surface area (Å²) in [6, 6.07) is 16.6. The van der Waals surface area contributed by atoms with Gasteiger partial charge in [0.05, 0.1) is 26.6 Å². The third kappa shape index (κ3) is 6.06. The molecule has 0 fully saturated rings. The number of carbonyl (C=O) groups is 1. The zero-order valence-corrected chi connectivity index (χ0v) is 20.6. The first-order chi connectivity index (χ1) is 15.9. The Morgan fingerprint density at radius 1 is 1.21 bits per heavy atom. The predicted octanol–water partition coefficient (Wildman–Crippen LogP) is 6.00. The summed E-state index contributed by atoms with van der Waals surface area (Å²) in [6.07, 6.45) is 1.62. The van der Waals surface area contributed by atoms with Crippen LogP contribution in [0.2, 0.25) is 0 Å². The molecule has 33 heavy (non-hydrogen) atoms. The van der Waals surface area contributed by atoms with Crippen LogP contribution in [0.5, 0.6) is 5.75 Å². The number of aromatic hydroxyl groups is 1. The van der Waals surface area contributed by atoms with Gasteiger partial charge < -0.3 is 10.4 Å². The van der Waals surface area contributed by atoms with E-state index < -0.39 is 4.92 Å². The normalized spacial score (nSPS) is 11.2. The van der Waals surface area contributed by atoms with Crippen LogP contribution in [0.25, 0.3) is 10.2 Å². The lowest BCUT2D eigenvalue weighted by Gasteiger charge is -2.03. The highest BCUT2D eigenvalue weighted by molar-refractivity contribution is 14.1. The molecule has 0 aliphatic rings. The number of non-ortho nitro benzene ring substituents is 1. The number of amides is 1. The molecule has 0 bridgehead atoms. The molecular formula is C22H15IN4O4S2. The van der Waals surface area contributed by atoms with E-state index in [1.54, 1.807) is 12.3 Å². The molecule has 0 spiro atoms. The number of nitrogens with zero attached hydrogens (tertiary/aromatic N) is 3. The predicted molar refractivity (Wildman–Crippen MR) is 140 cm³/mol. The molecular weight excluding hydrogens is 575 g/mol. The van der Waals surface area contributed by atoms with Crippen molar-refractivity contribution in [3.63, 3.8) is 0 Å². The molecule has 8 nitrogen and oxygen atoms in total. The Kier molecular flexibility index (Phi) is 7.20. The number of nitrogens with one attached hydrogen (secondary N) is 1. The number of thiazole rings is 1. The number of anilines is 1. The molecule has 0 aliphatic carbocycles. The van der Waals surface area contributed by atoms with E-state index in [-0.39, 0.29) is 23.1 Å². The van der Waals surface area contributed by atoms with E-state index in [2.05, 4.69) is 37.9 Å². The number of benzene rings is 3. The summed E-state index contributed by atoms with van der Waals surface area (Å²) >= 11 is 4.96. The molecule has 11 heteroatoms. The van der Waals surface area contributed by atoms with Gasteiger partial charge in [-0.15, -0.1) is 11.3 Å². The van der Waals surface area contributed by atoms with E-state index in [0.717, 1.165) is 23.8 Å². The highest BCUT2D eigenvalue weighted by Crippen LogP contribution is 2.32. The van der Waals surface area contributed by atoms with Crippen LogP contribution < -0.4 is 5.32 Å². The average Bonchev–Trinajstić information content (AvgIpc) is 3.21. The first-order valence-corrected chi connectivity index (χ1v) is 12.4. The van der Waals surface area contributed by atoms with E-state index in [9.17, 15) is 20.0 Å². The Labute approximate surface area is 210 Å². The van der Waals surface area contributed by atoms with Gasteiger partial charge in [0.15, 0.2) is 4.34 Å². The Bertz CT molecular complexity index is 1370. The zero-order chi connectivity index (χ0) is 23.4. The molecule has 0 aliphatic heterocycles. The minimum Gasteiger partial charge on any atom is -0.507 e. The van der Waals surface area contributed by atoms with Crippen molar-refractivity contribution in [2.24, 2.45) is 4.99 Å². The molecule has 2 N–H and O–H groups in total. The van der Waals surface area contributed by atoms with Crippen molar-refractivity contribution in [1.29, 1.82) is 0 Å². The second kappa shape index (κ2) is 10.3. The summed E-state index contributed by atoms with van der Waals surface area (Å²) in [5, 5.41) is 23.4. The Hall–Kier alpha value is -3.03. The minimum absolute atomic E-state index is 0.0316. The van der Waals surface area contributed by atoms with Gasteiger partial charge in [0, 0.05) is 33.2 Å². The zero-order valence-electron chi connectivity index (χ0n) is 16.8. The molecule has 3 aromatic carbocycles. The van der Waals surface area contributed by atoms with Crippen LogP contribution in [0.3, 0.4) is 0 Å². The first-order valence-electron chi connectivity index (χ1n) is 9.48. The maximum Gasteiger partial charge on any atom is 0.269 e. The van der Waals surface area contributed by atoms with E-state index in [1.165, 1.54) is 47.4 Å². The third-order valence-electron chi connectivity index (χ3n) is 4.38. The van der Waals surface area contributed by atoms with Gasteiger partial charge in [-0.2, -0.15) is 0 Å². The summed E-state index contributed by atoms with van der Waals surface area (Å²) in [4.78, 5) is 31.4. The molecule has 1 aromatic heterocycles. The average molecular weight is 590 g/mol. The SMILES string of the molecule is O=C(CSc1nc2ccc(N=Cc3cc(I)ccc3O)cc2s1)Nc1ccc([N+](=O)[O-])cc1. The fraction of sp³-hybridized carbons (Fsp3) is 0.0455. The summed E-state index contributed by atoms with van der Waals surface area (Å²) in [6.45, 7) is 0. The van der Waals surface area contributed by atoms with Crippen LogP contribution in [-0.4, -0.2) is 32.9 Å². The number of phenols is 1. The first kappa shape index (κ1) is 23.1.